The van der Waals surface area contributed by atoms with E-state index in [1.54, 1.807) is 0 Å². The Kier molecular flexibility index (Phi) is 5.80. The summed E-state index contributed by atoms with van der Waals surface area (Å²) < 4.78 is 5.58. The van der Waals surface area contributed by atoms with Crippen LogP contribution in [0, 0.1) is 0 Å². The van der Waals surface area contributed by atoms with Gasteiger partial charge in [0.15, 0.2) is 0 Å². The Bertz CT molecular complexity index is 641. The summed E-state index contributed by atoms with van der Waals surface area (Å²) in [5.41, 5.74) is 2.00. The van der Waals surface area contributed by atoms with Crippen molar-refractivity contribution in [2.45, 2.75) is 78.0 Å². The lowest BCUT2D eigenvalue weighted by atomic mass is 10.1. The first-order valence-electron chi connectivity index (χ1n) is 9.91. The average molecular weight is 361 g/mol. The number of nitrogens with zero attached hydrogens (tertiary/aromatic N) is 4. The van der Waals surface area contributed by atoms with Crippen molar-refractivity contribution in [1.82, 2.24) is 19.8 Å². The fourth-order valence-electron chi connectivity index (χ4n) is 3.80. The maximum absolute atomic E-state index is 12.5. The maximum Gasteiger partial charge on any atom is 0.410 e. The predicted octanol–water partition coefficient (Wildman–Crippen LogP) is 3.19. The molecule has 2 aliphatic rings. The van der Waals surface area contributed by atoms with Gasteiger partial charge in [-0.25, -0.2) is 14.8 Å². The standard InChI is InChI=1S/C20H32N4O2/c1-5-7-18-21-12-15-13-23(11-9-17(15)22-18)14-16-8-6-10-24(16)19(25)26-20(2,3)4/h12,16H,5-11,13-14H2,1-4H3. The smallest absolute Gasteiger partial charge is 0.410 e. The van der Waals surface area contributed by atoms with Crippen LogP contribution in [-0.2, 0) is 24.1 Å². The number of likely N-dealkylation sites (tertiary alicyclic amines) is 1. The summed E-state index contributed by atoms with van der Waals surface area (Å²) in [5.74, 6) is 0.964. The molecule has 0 saturated carbocycles. The van der Waals surface area contributed by atoms with Crippen molar-refractivity contribution in [3.05, 3.63) is 23.3 Å². The zero-order chi connectivity index (χ0) is 18.7. The van der Waals surface area contributed by atoms with Gasteiger partial charge in [-0.3, -0.25) is 4.90 Å². The van der Waals surface area contributed by atoms with Gasteiger partial charge in [0.25, 0.3) is 0 Å². The molecule has 144 valence electrons. The van der Waals surface area contributed by atoms with Crippen LogP contribution in [0.25, 0.3) is 0 Å². The zero-order valence-electron chi connectivity index (χ0n) is 16.6. The molecular formula is C20H32N4O2. The van der Waals surface area contributed by atoms with Gasteiger partial charge in [0, 0.05) is 62.5 Å². The summed E-state index contributed by atoms with van der Waals surface area (Å²) in [6, 6.07) is 0.242. The second-order valence-electron chi connectivity index (χ2n) is 8.46. The molecule has 0 spiro atoms. The van der Waals surface area contributed by atoms with Crippen LogP contribution >= 0.6 is 0 Å². The first-order chi connectivity index (χ1) is 12.4. The molecule has 0 aliphatic carbocycles. The molecule has 1 atom stereocenters. The molecule has 0 bridgehead atoms. The number of carbonyl (C=O) groups is 1. The van der Waals surface area contributed by atoms with Crippen LogP contribution in [0.2, 0.25) is 0 Å². The molecule has 0 radical (unpaired) electrons. The monoisotopic (exact) mass is 360 g/mol. The van der Waals surface area contributed by atoms with Crippen LogP contribution in [-0.4, -0.2) is 57.1 Å². The van der Waals surface area contributed by atoms with Crippen molar-refractivity contribution >= 4 is 6.09 Å². The molecule has 0 aromatic carbocycles. The third kappa shape index (κ3) is 4.72. The number of carbonyl (C=O) groups excluding carboxylic acids is 1. The average Bonchev–Trinajstić information content (AvgIpc) is 3.02. The lowest BCUT2D eigenvalue weighted by Crippen LogP contribution is -2.46. The van der Waals surface area contributed by atoms with Gasteiger partial charge in [-0.2, -0.15) is 0 Å². The number of ether oxygens (including phenoxy) is 1. The highest BCUT2D eigenvalue weighted by Gasteiger charge is 2.33. The van der Waals surface area contributed by atoms with Gasteiger partial charge < -0.3 is 9.64 Å². The fourth-order valence-corrected chi connectivity index (χ4v) is 3.80. The molecule has 26 heavy (non-hydrogen) atoms. The Morgan fingerprint density at radius 1 is 1.35 bits per heavy atom. The first kappa shape index (κ1) is 19.1. The normalized spacial score (nSPS) is 20.9. The van der Waals surface area contributed by atoms with Gasteiger partial charge in [-0.15, -0.1) is 0 Å². The number of amides is 1. The van der Waals surface area contributed by atoms with E-state index >= 15 is 0 Å². The van der Waals surface area contributed by atoms with Crippen molar-refractivity contribution in [2.75, 3.05) is 19.6 Å². The molecule has 6 nitrogen and oxygen atoms in total. The number of rotatable bonds is 4. The highest BCUT2D eigenvalue weighted by atomic mass is 16.6. The summed E-state index contributed by atoms with van der Waals surface area (Å²) in [6.07, 6.45) is 6.92. The molecule has 6 heteroatoms. The van der Waals surface area contributed by atoms with Gasteiger partial charge in [-0.1, -0.05) is 6.92 Å². The lowest BCUT2D eigenvalue weighted by Gasteiger charge is -2.34. The Hall–Kier alpha value is -1.69. The highest BCUT2D eigenvalue weighted by Crippen LogP contribution is 2.24. The van der Waals surface area contributed by atoms with E-state index < -0.39 is 5.60 Å². The molecule has 1 aromatic rings. The summed E-state index contributed by atoms with van der Waals surface area (Å²) in [7, 11) is 0. The Morgan fingerprint density at radius 2 is 2.15 bits per heavy atom. The maximum atomic E-state index is 12.5. The second kappa shape index (κ2) is 7.91. The minimum atomic E-state index is -0.443. The molecule has 2 aliphatic heterocycles. The van der Waals surface area contributed by atoms with Crippen LogP contribution < -0.4 is 0 Å². The van der Waals surface area contributed by atoms with E-state index in [1.165, 1.54) is 11.3 Å². The minimum Gasteiger partial charge on any atom is -0.444 e. The molecule has 3 rings (SSSR count). The van der Waals surface area contributed by atoms with Gasteiger partial charge >= 0.3 is 6.09 Å². The van der Waals surface area contributed by atoms with E-state index in [9.17, 15) is 4.79 Å². The first-order valence-corrected chi connectivity index (χ1v) is 9.91. The van der Waals surface area contributed by atoms with Gasteiger partial charge in [0.1, 0.15) is 11.4 Å². The van der Waals surface area contributed by atoms with Crippen LogP contribution in [0.1, 0.15) is 64.0 Å². The topological polar surface area (TPSA) is 58.6 Å². The fraction of sp³-hybridized carbons (Fsp3) is 0.750. The summed E-state index contributed by atoms with van der Waals surface area (Å²) in [5, 5.41) is 0. The van der Waals surface area contributed by atoms with E-state index in [2.05, 4.69) is 16.8 Å². The van der Waals surface area contributed by atoms with Crippen molar-refractivity contribution in [1.29, 1.82) is 0 Å². The van der Waals surface area contributed by atoms with Crippen molar-refractivity contribution < 1.29 is 9.53 Å². The van der Waals surface area contributed by atoms with E-state index in [-0.39, 0.29) is 12.1 Å². The minimum absolute atomic E-state index is 0.176. The number of fused-ring (bicyclic) bond motifs is 1. The molecule has 1 unspecified atom stereocenters. The Balaban J connectivity index is 1.60. The van der Waals surface area contributed by atoms with E-state index in [0.717, 1.165) is 64.1 Å². The van der Waals surface area contributed by atoms with E-state index in [0.29, 0.717) is 0 Å². The predicted molar refractivity (Wildman–Crippen MR) is 101 cm³/mol. The lowest BCUT2D eigenvalue weighted by molar-refractivity contribution is 0.0192. The molecule has 1 aromatic heterocycles. The SMILES string of the molecule is CCCc1ncc2c(n1)CCN(CC1CCCN1C(=O)OC(C)(C)C)C2. The third-order valence-corrected chi connectivity index (χ3v) is 5.01. The molecule has 3 heterocycles. The quantitative estimate of drug-likeness (QED) is 0.825. The van der Waals surface area contributed by atoms with E-state index in [4.69, 9.17) is 9.72 Å². The Labute approximate surface area is 156 Å². The number of aryl methyl sites for hydroxylation is 1. The molecule has 1 amide bonds. The molecule has 1 saturated heterocycles. The van der Waals surface area contributed by atoms with E-state index in [1.807, 2.05) is 31.9 Å². The van der Waals surface area contributed by atoms with Crippen LogP contribution in [0.4, 0.5) is 4.79 Å². The highest BCUT2D eigenvalue weighted by molar-refractivity contribution is 5.69. The number of aromatic nitrogens is 2. The van der Waals surface area contributed by atoms with Crippen molar-refractivity contribution in [2.24, 2.45) is 0 Å². The summed E-state index contributed by atoms with van der Waals surface area (Å²) in [4.78, 5) is 26.1. The molecule has 0 N–H and O–H groups in total. The molecular weight excluding hydrogens is 328 g/mol. The number of hydrogen-bond acceptors (Lipinski definition) is 5. The van der Waals surface area contributed by atoms with Crippen molar-refractivity contribution in [3.63, 3.8) is 0 Å². The zero-order valence-corrected chi connectivity index (χ0v) is 16.6. The number of hydrogen-bond donors (Lipinski definition) is 0. The summed E-state index contributed by atoms with van der Waals surface area (Å²) in [6.45, 7) is 11.5. The van der Waals surface area contributed by atoms with Crippen LogP contribution in [0.3, 0.4) is 0 Å². The largest absolute Gasteiger partial charge is 0.444 e. The van der Waals surface area contributed by atoms with Crippen molar-refractivity contribution in [3.8, 4) is 0 Å². The molecule has 1 fully saturated rings. The van der Waals surface area contributed by atoms with Crippen LogP contribution in [0.5, 0.6) is 0 Å². The summed E-state index contributed by atoms with van der Waals surface area (Å²) >= 11 is 0. The van der Waals surface area contributed by atoms with Gasteiger partial charge in [-0.05, 0) is 40.0 Å². The van der Waals surface area contributed by atoms with Gasteiger partial charge in [0.05, 0.1) is 0 Å². The van der Waals surface area contributed by atoms with Gasteiger partial charge in [0.2, 0.25) is 0 Å². The Morgan fingerprint density at radius 3 is 2.88 bits per heavy atom. The second-order valence-corrected chi connectivity index (χ2v) is 8.46. The third-order valence-electron chi connectivity index (χ3n) is 5.01. The van der Waals surface area contributed by atoms with Crippen LogP contribution in [0.15, 0.2) is 6.20 Å².